The van der Waals surface area contributed by atoms with Crippen molar-refractivity contribution in [3.05, 3.63) is 69.8 Å². The summed E-state index contributed by atoms with van der Waals surface area (Å²) in [5.74, 6) is 0. The van der Waals surface area contributed by atoms with E-state index in [1.54, 1.807) is 0 Å². The molecule has 106 valence electrons. The Hall–Kier alpha value is -2.11. The van der Waals surface area contributed by atoms with Gasteiger partial charge in [0.05, 0.1) is 18.5 Å². The van der Waals surface area contributed by atoms with Crippen molar-refractivity contribution in [1.82, 2.24) is 5.32 Å². The van der Waals surface area contributed by atoms with Gasteiger partial charge in [0.1, 0.15) is 0 Å². The normalized spacial score (nSPS) is 17.1. The SMILES string of the molecule is Cc1cc2c(cc1C)C(c1ccc(CC#N)cc1)NCC2. The summed E-state index contributed by atoms with van der Waals surface area (Å²) in [7, 11) is 0. The monoisotopic (exact) mass is 276 g/mol. The summed E-state index contributed by atoms with van der Waals surface area (Å²) in [6.07, 6.45) is 1.58. The number of hydrogen-bond acceptors (Lipinski definition) is 2. The lowest BCUT2D eigenvalue weighted by Crippen LogP contribution is -2.30. The molecule has 21 heavy (non-hydrogen) atoms. The van der Waals surface area contributed by atoms with Gasteiger partial charge in [0, 0.05) is 6.54 Å². The van der Waals surface area contributed by atoms with Crippen LogP contribution in [0.4, 0.5) is 0 Å². The van der Waals surface area contributed by atoms with Crippen LogP contribution in [0.1, 0.15) is 39.4 Å². The number of nitrogens with zero attached hydrogens (tertiary/aromatic N) is 1. The van der Waals surface area contributed by atoms with E-state index in [-0.39, 0.29) is 6.04 Å². The second kappa shape index (κ2) is 5.71. The van der Waals surface area contributed by atoms with Crippen molar-refractivity contribution in [2.75, 3.05) is 6.54 Å². The van der Waals surface area contributed by atoms with Crippen LogP contribution in [0.5, 0.6) is 0 Å². The van der Waals surface area contributed by atoms with Gasteiger partial charge < -0.3 is 5.32 Å². The Bertz CT molecular complexity index is 693. The highest BCUT2D eigenvalue weighted by Gasteiger charge is 2.21. The van der Waals surface area contributed by atoms with E-state index in [1.807, 2.05) is 0 Å². The first-order valence-electron chi connectivity index (χ1n) is 7.48. The van der Waals surface area contributed by atoms with E-state index in [0.717, 1.165) is 18.5 Å². The Labute approximate surface area is 126 Å². The summed E-state index contributed by atoms with van der Waals surface area (Å²) in [6.45, 7) is 5.38. The van der Waals surface area contributed by atoms with Crippen molar-refractivity contribution < 1.29 is 0 Å². The van der Waals surface area contributed by atoms with Crippen LogP contribution in [0.2, 0.25) is 0 Å². The second-order valence-corrected chi connectivity index (χ2v) is 5.85. The zero-order valence-corrected chi connectivity index (χ0v) is 12.6. The van der Waals surface area contributed by atoms with E-state index in [0.29, 0.717) is 6.42 Å². The Morgan fingerprint density at radius 1 is 1.14 bits per heavy atom. The van der Waals surface area contributed by atoms with Crippen molar-refractivity contribution >= 4 is 0 Å². The highest BCUT2D eigenvalue weighted by molar-refractivity contribution is 5.45. The fourth-order valence-electron chi connectivity index (χ4n) is 3.06. The van der Waals surface area contributed by atoms with Gasteiger partial charge in [-0.25, -0.2) is 0 Å². The van der Waals surface area contributed by atoms with Gasteiger partial charge >= 0.3 is 0 Å². The number of nitriles is 1. The van der Waals surface area contributed by atoms with Crippen LogP contribution in [0.25, 0.3) is 0 Å². The Morgan fingerprint density at radius 2 is 1.86 bits per heavy atom. The lowest BCUT2D eigenvalue weighted by atomic mass is 9.87. The molecule has 2 aromatic carbocycles. The number of hydrogen-bond donors (Lipinski definition) is 1. The molecule has 0 spiro atoms. The summed E-state index contributed by atoms with van der Waals surface area (Å²) in [6, 6.07) is 15.5. The highest BCUT2D eigenvalue weighted by Crippen LogP contribution is 2.30. The summed E-state index contributed by atoms with van der Waals surface area (Å²) in [5.41, 5.74) is 7.95. The van der Waals surface area contributed by atoms with Crippen LogP contribution in [-0.2, 0) is 12.8 Å². The van der Waals surface area contributed by atoms with Crippen LogP contribution >= 0.6 is 0 Å². The van der Waals surface area contributed by atoms with Crippen molar-refractivity contribution in [3.63, 3.8) is 0 Å². The maximum absolute atomic E-state index is 8.76. The third-order valence-corrected chi connectivity index (χ3v) is 4.41. The van der Waals surface area contributed by atoms with E-state index in [9.17, 15) is 0 Å². The van der Waals surface area contributed by atoms with Crippen molar-refractivity contribution in [2.45, 2.75) is 32.7 Å². The zero-order chi connectivity index (χ0) is 14.8. The summed E-state index contributed by atoms with van der Waals surface area (Å²) in [4.78, 5) is 0. The number of rotatable bonds is 2. The first-order valence-corrected chi connectivity index (χ1v) is 7.48. The highest BCUT2D eigenvalue weighted by atomic mass is 14.9. The number of nitrogens with one attached hydrogen (secondary N) is 1. The lowest BCUT2D eigenvalue weighted by Gasteiger charge is -2.28. The molecule has 0 radical (unpaired) electrons. The molecule has 1 aliphatic rings. The maximum atomic E-state index is 8.76. The third-order valence-electron chi connectivity index (χ3n) is 4.41. The molecule has 0 saturated heterocycles. The minimum absolute atomic E-state index is 0.268. The zero-order valence-electron chi connectivity index (χ0n) is 12.6. The van der Waals surface area contributed by atoms with Crippen molar-refractivity contribution in [3.8, 4) is 6.07 Å². The Kier molecular flexibility index (Phi) is 3.77. The molecule has 1 aliphatic heterocycles. The van der Waals surface area contributed by atoms with Gasteiger partial charge in [-0.15, -0.1) is 0 Å². The van der Waals surface area contributed by atoms with E-state index >= 15 is 0 Å². The molecule has 2 heteroatoms. The molecule has 2 nitrogen and oxygen atoms in total. The van der Waals surface area contributed by atoms with Crippen LogP contribution in [0.15, 0.2) is 36.4 Å². The molecule has 1 unspecified atom stereocenters. The van der Waals surface area contributed by atoms with Gasteiger partial charge in [-0.1, -0.05) is 36.4 Å². The predicted molar refractivity (Wildman–Crippen MR) is 85.2 cm³/mol. The largest absolute Gasteiger partial charge is 0.306 e. The molecule has 0 saturated carbocycles. The molecule has 1 atom stereocenters. The average molecular weight is 276 g/mol. The molecule has 0 amide bonds. The van der Waals surface area contributed by atoms with Gasteiger partial charge in [-0.2, -0.15) is 5.26 Å². The Morgan fingerprint density at radius 3 is 2.57 bits per heavy atom. The van der Waals surface area contributed by atoms with Crippen molar-refractivity contribution in [1.29, 1.82) is 5.26 Å². The van der Waals surface area contributed by atoms with Gasteiger partial charge in [-0.05, 0) is 53.6 Å². The fraction of sp³-hybridized carbons (Fsp3) is 0.316. The molecule has 0 fully saturated rings. The van der Waals surface area contributed by atoms with Crippen LogP contribution < -0.4 is 5.32 Å². The molecule has 3 rings (SSSR count). The van der Waals surface area contributed by atoms with Gasteiger partial charge in [-0.3, -0.25) is 0 Å². The molecule has 0 aliphatic carbocycles. The molecular formula is C19H20N2. The lowest BCUT2D eigenvalue weighted by molar-refractivity contribution is 0.567. The van der Waals surface area contributed by atoms with Crippen LogP contribution in [0.3, 0.4) is 0 Å². The summed E-state index contributed by atoms with van der Waals surface area (Å²) >= 11 is 0. The molecule has 0 aromatic heterocycles. The molecule has 1 heterocycles. The van der Waals surface area contributed by atoms with Crippen LogP contribution in [-0.4, -0.2) is 6.54 Å². The van der Waals surface area contributed by atoms with Gasteiger partial charge in [0.15, 0.2) is 0 Å². The third kappa shape index (κ3) is 2.70. The van der Waals surface area contributed by atoms with Gasteiger partial charge in [0.25, 0.3) is 0 Å². The molecule has 1 N–H and O–H groups in total. The predicted octanol–water partition coefficient (Wildman–Crippen LogP) is 3.60. The quantitative estimate of drug-likeness (QED) is 0.909. The minimum Gasteiger partial charge on any atom is -0.306 e. The smallest absolute Gasteiger partial charge is 0.0669 e. The first-order chi connectivity index (χ1) is 10.2. The topological polar surface area (TPSA) is 35.8 Å². The number of fused-ring (bicyclic) bond motifs is 1. The summed E-state index contributed by atoms with van der Waals surface area (Å²) in [5, 5.41) is 12.4. The van der Waals surface area contributed by atoms with E-state index in [1.165, 1.54) is 27.8 Å². The van der Waals surface area contributed by atoms with Gasteiger partial charge in [0.2, 0.25) is 0 Å². The average Bonchev–Trinajstić information content (AvgIpc) is 2.49. The Balaban J connectivity index is 1.98. The van der Waals surface area contributed by atoms with Crippen LogP contribution in [0, 0.1) is 25.2 Å². The fourth-order valence-corrected chi connectivity index (χ4v) is 3.06. The molecule has 2 aromatic rings. The minimum atomic E-state index is 0.268. The standard InChI is InChI=1S/C19H20N2/c1-13-11-17-8-10-21-19(18(17)12-14(13)2)16-5-3-15(4-6-16)7-9-20/h3-6,11-12,19,21H,7-8,10H2,1-2H3. The van der Waals surface area contributed by atoms with Crippen molar-refractivity contribution in [2.24, 2.45) is 0 Å². The maximum Gasteiger partial charge on any atom is 0.0669 e. The second-order valence-electron chi connectivity index (χ2n) is 5.85. The number of benzene rings is 2. The molecule has 0 bridgehead atoms. The van der Waals surface area contributed by atoms with E-state index < -0.39 is 0 Å². The van der Waals surface area contributed by atoms with E-state index in [2.05, 4.69) is 61.6 Å². The van der Waals surface area contributed by atoms with E-state index in [4.69, 9.17) is 5.26 Å². The molecular weight excluding hydrogens is 256 g/mol. The first kappa shape index (κ1) is 13.9. The summed E-state index contributed by atoms with van der Waals surface area (Å²) < 4.78 is 0. The number of aryl methyl sites for hydroxylation is 2.